The van der Waals surface area contributed by atoms with E-state index in [2.05, 4.69) is 278 Å². The highest BCUT2D eigenvalue weighted by Crippen LogP contribution is 2.50. The van der Waals surface area contributed by atoms with E-state index in [1.165, 1.54) is 62.3 Å². The van der Waals surface area contributed by atoms with Crippen molar-refractivity contribution in [2.45, 2.75) is 120 Å². The third-order valence-corrected chi connectivity index (χ3v) is 22.4. The lowest BCUT2D eigenvalue weighted by molar-refractivity contribution is 0.581. The number of rotatable bonds is 12. The van der Waals surface area contributed by atoms with Crippen LogP contribution >= 0.6 is 0 Å². The molecule has 0 fully saturated rings. The first-order chi connectivity index (χ1) is 55.7. The van der Waals surface area contributed by atoms with Gasteiger partial charge in [-0.2, -0.15) is 4.39 Å². The summed E-state index contributed by atoms with van der Waals surface area (Å²) in [5.74, 6) is 1.57. The van der Waals surface area contributed by atoms with Gasteiger partial charge in [-0.25, -0.2) is 15.0 Å². The highest BCUT2D eigenvalue weighted by Gasteiger charge is 2.40. The van der Waals surface area contributed by atoms with Gasteiger partial charge in [0.05, 0.1) is 141 Å². The first kappa shape index (κ1) is 80.4. The summed E-state index contributed by atoms with van der Waals surface area (Å²) in [5.41, 5.74) is 42.6. The number of pyridine rings is 10. The predicted octanol–water partition coefficient (Wildman–Crippen LogP) is 15.6. The molecule has 6 aliphatic rings. The van der Waals surface area contributed by atoms with Crippen LogP contribution in [0.5, 0.6) is 0 Å². The normalized spacial score (nSPS) is 17.7. The van der Waals surface area contributed by atoms with Gasteiger partial charge in [0, 0.05) is 116 Å². The van der Waals surface area contributed by atoms with Crippen LogP contribution in [0, 0.1) is 47.5 Å². The molecule has 0 unspecified atom stereocenters. The SMILES string of the molecule is Cc1cc(F)ncc1N1c2ccncc2N(C)[C@@H]1C.Cc1ccncc1N1c2ccccc2N(C)[C@@H]1C.Cc1ccncc1N1c2ccccc2N(CCN)[C@@H]1C.Cc1ccncc1N1c2cccnc2N(C)[C@@H]1C.Cc1ccncc1N1c2cccnc2N(CCN)[C@@H]1C.Cc1ccncc1N1c2ccncc2N(CCN)[C@@H]1C. The molecule has 26 heteroatoms. The standard InChI is InChI=1S/C16H20N4.2C15H19N5.C15H17N3.C14H15FN4.C14H16N4/c1-12-7-9-18-11-16(12)20-13(2)19(10-8-17)14-5-3-4-6-15(14)20;1-11-3-6-17-9-14(11)20-12(2)19(8-5-16)15-10-18-7-4-13(15)20;1-11-5-8-17-10-14(11)20-12(2)19(9-6-16)15-13(20)4-3-7-18-15;1-11-8-9-16-10-15(11)18-12(2)17(3)13-6-4-5-7-14(13)18;1-9-6-14(15)17-8-12(9)19-10(2)18(3)13-7-16-5-4-11(13)19;1-10-6-8-15-9-13(10)18-11(2)17(3)14-12(18)5-4-7-16-14/h3-7,9,11,13H,8,10,17H2,1-2H3;3-4,6-7,9-10,12H,5,8,16H2,1-2H3;3-5,7-8,10,12H,6,9,16H2,1-2H3;4-10,12H,1-3H3;4-8,10H,1-3H3;4-9,11H,1-3H3/t13-;3*12-;10-;11-/m000000/s1. The largest absolute Gasteiger partial charge is 0.353 e. The summed E-state index contributed by atoms with van der Waals surface area (Å²) in [6, 6.07) is 40.8. The summed E-state index contributed by atoms with van der Waals surface area (Å²) in [6.45, 7) is 29.9. The second-order valence-electron chi connectivity index (χ2n) is 29.3. The summed E-state index contributed by atoms with van der Waals surface area (Å²) in [6.07, 6.45) is 32.7. The monoisotopic (exact) mass is 1540 g/mol. The molecule has 6 N–H and O–H groups in total. The summed E-state index contributed by atoms with van der Waals surface area (Å²) in [7, 11) is 6.23. The number of nitrogens with two attached hydrogens (primary N) is 3. The van der Waals surface area contributed by atoms with E-state index < -0.39 is 5.95 Å². The molecule has 0 amide bonds. The summed E-state index contributed by atoms with van der Waals surface area (Å²) in [4.78, 5) is 69.7. The molecule has 0 bridgehead atoms. The minimum Gasteiger partial charge on any atom is -0.353 e. The van der Waals surface area contributed by atoms with Gasteiger partial charge in [0.2, 0.25) is 5.95 Å². The van der Waals surface area contributed by atoms with Gasteiger partial charge in [-0.15, -0.1) is 0 Å². The molecule has 25 nitrogen and oxygen atoms in total. The van der Waals surface area contributed by atoms with Crippen LogP contribution in [-0.4, -0.2) is 147 Å². The van der Waals surface area contributed by atoms with E-state index in [4.69, 9.17) is 17.2 Å². The lowest BCUT2D eigenvalue weighted by Crippen LogP contribution is -2.41. The number of halogens is 1. The second-order valence-corrected chi connectivity index (χ2v) is 29.3. The smallest absolute Gasteiger partial charge is 0.213 e. The summed E-state index contributed by atoms with van der Waals surface area (Å²) >= 11 is 0. The zero-order valence-electron chi connectivity index (χ0n) is 68.5. The molecule has 0 saturated carbocycles. The van der Waals surface area contributed by atoms with Crippen molar-refractivity contribution in [1.29, 1.82) is 0 Å². The van der Waals surface area contributed by atoms with Crippen LogP contribution in [0.2, 0.25) is 0 Å². The molecule has 2 aromatic carbocycles. The number of anilines is 18. The molecule has 0 aliphatic carbocycles. The highest BCUT2D eigenvalue weighted by molar-refractivity contribution is 5.88. The first-order valence-corrected chi connectivity index (χ1v) is 39.2. The van der Waals surface area contributed by atoms with Gasteiger partial charge in [-0.05, 0) is 214 Å². The van der Waals surface area contributed by atoms with Crippen LogP contribution in [0.4, 0.5) is 107 Å². The van der Waals surface area contributed by atoms with E-state index in [1.54, 1.807) is 12.4 Å². The number of para-hydroxylation sites is 4. The lowest BCUT2D eigenvalue weighted by atomic mass is 10.2. The minimum atomic E-state index is -0.448. The summed E-state index contributed by atoms with van der Waals surface area (Å²) in [5, 5.41) is 0. The molecule has 10 aromatic heterocycles. The number of hydrogen-bond donors (Lipinski definition) is 3. The zero-order chi connectivity index (χ0) is 81.3. The Morgan fingerprint density at radius 3 is 1.01 bits per heavy atom. The highest BCUT2D eigenvalue weighted by atomic mass is 19.1. The molecule has 18 rings (SSSR count). The fourth-order valence-electron chi connectivity index (χ4n) is 16.1. The molecular weight excluding hydrogens is 1440 g/mol. The van der Waals surface area contributed by atoms with Crippen molar-refractivity contribution in [3.05, 3.63) is 266 Å². The maximum Gasteiger partial charge on any atom is 0.213 e. The zero-order valence-corrected chi connectivity index (χ0v) is 68.5. The summed E-state index contributed by atoms with van der Waals surface area (Å²) < 4.78 is 13.2. The van der Waals surface area contributed by atoms with Crippen molar-refractivity contribution < 1.29 is 4.39 Å². The maximum atomic E-state index is 13.2. The average molecular weight is 1540 g/mol. The Labute approximate surface area is 675 Å². The van der Waals surface area contributed by atoms with Crippen molar-refractivity contribution in [2.75, 3.05) is 119 Å². The number of nitrogens with zero attached hydrogens (tertiary/aromatic N) is 22. The van der Waals surface area contributed by atoms with E-state index in [0.717, 1.165) is 99.4 Å². The fraction of sp³-hybridized carbons (Fsp3) is 0.303. The number of hydrogen-bond acceptors (Lipinski definition) is 25. The van der Waals surface area contributed by atoms with Crippen LogP contribution in [0.1, 0.15) is 74.9 Å². The van der Waals surface area contributed by atoms with E-state index in [-0.39, 0.29) is 30.8 Å². The molecule has 6 atom stereocenters. The van der Waals surface area contributed by atoms with Crippen molar-refractivity contribution in [2.24, 2.45) is 17.2 Å². The average Bonchev–Trinajstić information content (AvgIpc) is 1.66. The van der Waals surface area contributed by atoms with Crippen molar-refractivity contribution in [1.82, 2.24) is 49.8 Å². The van der Waals surface area contributed by atoms with Gasteiger partial charge in [0.25, 0.3) is 0 Å². The molecule has 12 aromatic rings. The Balaban J connectivity index is 0.000000120. The van der Waals surface area contributed by atoms with Crippen molar-refractivity contribution >= 4 is 103 Å². The topological polar surface area (TPSA) is 246 Å². The molecule has 0 spiro atoms. The van der Waals surface area contributed by atoms with Gasteiger partial charge in [0.1, 0.15) is 37.0 Å². The Morgan fingerprint density at radius 1 is 0.270 bits per heavy atom. The van der Waals surface area contributed by atoms with Crippen LogP contribution < -0.4 is 76.0 Å². The predicted molar refractivity (Wildman–Crippen MR) is 468 cm³/mol. The number of aryl methyl sites for hydroxylation is 6. The van der Waals surface area contributed by atoms with Crippen LogP contribution in [0.3, 0.4) is 0 Å². The van der Waals surface area contributed by atoms with Gasteiger partial charge in [0.15, 0.2) is 11.6 Å². The van der Waals surface area contributed by atoms with Gasteiger partial charge < -0.3 is 76.0 Å². The van der Waals surface area contributed by atoms with Gasteiger partial charge in [-0.3, -0.25) is 34.9 Å². The van der Waals surface area contributed by atoms with Crippen LogP contribution in [0.15, 0.2) is 227 Å². The fourth-order valence-corrected chi connectivity index (χ4v) is 16.1. The van der Waals surface area contributed by atoms with E-state index in [0.29, 0.717) is 25.8 Å². The first-order valence-electron chi connectivity index (χ1n) is 39.2. The van der Waals surface area contributed by atoms with E-state index >= 15 is 0 Å². The van der Waals surface area contributed by atoms with Gasteiger partial charge >= 0.3 is 0 Å². The van der Waals surface area contributed by atoms with E-state index in [1.807, 2.05) is 143 Å². The molecule has 0 radical (unpaired) electrons. The Hall–Kier alpha value is -12.7. The molecule has 6 aliphatic heterocycles. The number of aromatic nitrogens is 10. The molecular formula is C89H106FN25. The van der Waals surface area contributed by atoms with Gasteiger partial charge in [-0.1, -0.05) is 24.3 Å². The van der Waals surface area contributed by atoms with Crippen molar-refractivity contribution in [3.63, 3.8) is 0 Å². The Morgan fingerprint density at radius 2 is 0.565 bits per heavy atom. The number of benzene rings is 2. The molecule has 594 valence electrons. The van der Waals surface area contributed by atoms with E-state index in [9.17, 15) is 4.39 Å². The lowest BCUT2D eigenvalue weighted by Gasteiger charge is -2.30. The molecule has 115 heavy (non-hydrogen) atoms. The Bertz CT molecular complexity index is 4940. The van der Waals surface area contributed by atoms with Crippen LogP contribution in [-0.2, 0) is 0 Å². The van der Waals surface area contributed by atoms with Crippen molar-refractivity contribution in [3.8, 4) is 0 Å². The Kier molecular flexibility index (Phi) is 24.9. The maximum absolute atomic E-state index is 13.2. The third-order valence-electron chi connectivity index (χ3n) is 22.4. The molecule has 0 saturated heterocycles. The third kappa shape index (κ3) is 16.0. The number of fused-ring (bicyclic) bond motifs is 6. The minimum absolute atomic E-state index is 0.144. The quantitative estimate of drug-likeness (QED) is 0.0962. The van der Waals surface area contributed by atoms with Crippen LogP contribution in [0.25, 0.3) is 0 Å². The second kappa shape index (κ2) is 35.6. The molecule has 16 heterocycles.